The van der Waals surface area contributed by atoms with Crippen LogP contribution in [0.25, 0.3) is 0 Å². The molecule has 0 aliphatic heterocycles. The minimum Gasteiger partial charge on any atom is -0.494 e. The Morgan fingerprint density at radius 3 is 2.81 bits per heavy atom. The van der Waals surface area contributed by atoms with E-state index in [1.165, 1.54) is 13.2 Å². The van der Waals surface area contributed by atoms with E-state index in [1.54, 1.807) is 12.1 Å². The van der Waals surface area contributed by atoms with Gasteiger partial charge in [-0.15, -0.1) is 0 Å². The maximum absolute atomic E-state index is 13.3. The molecule has 0 fully saturated rings. The molecule has 0 amide bonds. The Morgan fingerprint density at radius 1 is 1.56 bits per heavy atom. The first kappa shape index (κ1) is 12.3. The molecule has 0 heterocycles. The summed E-state index contributed by atoms with van der Waals surface area (Å²) in [5, 5.41) is 11.8. The van der Waals surface area contributed by atoms with Gasteiger partial charge in [0.25, 0.3) is 0 Å². The number of nitrogens with zero attached hydrogens (tertiary/aromatic N) is 1. The Bertz CT molecular complexity index is 387. The van der Waals surface area contributed by atoms with Crippen molar-refractivity contribution in [1.82, 2.24) is 0 Å². The summed E-state index contributed by atoms with van der Waals surface area (Å²) < 4.78 is 18.1. The fraction of sp³-hybridized carbons (Fsp3) is 0.417. The third-order valence-corrected chi connectivity index (χ3v) is 2.38. The summed E-state index contributed by atoms with van der Waals surface area (Å²) in [5.74, 6) is -0.236. The van der Waals surface area contributed by atoms with Crippen molar-refractivity contribution in [1.29, 1.82) is 5.26 Å². The van der Waals surface area contributed by atoms with E-state index in [0.717, 1.165) is 6.42 Å². The highest BCUT2D eigenvalue weighted by molar-refractivity contribution is 5.47. The highest BCUT2D eigenvalue weighted by Gasteiger charge is 2.06. The van der Waals surface area contributed by atoms with Crippen LogP contribution in [0.4, 0.5) is 10.1 Å². The lowest BCUT2D eigenvalue weighted by molar-refractivity contribution is 0.386. The van der Waals surface area contributed by atoms with Gasteiger partial charge in [0.2, 0.25) is 0 Å². The topological polar surface area (TPSA) is 45.0 Å². The molecule has 0 saturated heterocycles. The molecule has 1 unspecified atom stereocenters. The zero-order chi connectivity index (χ0) is 12.0. The number of methoxy groups -OCH3 is 1. The molecule has 3 nitrogen and oxygen atoms in total. The zero-order valence-electron chi connectivity index (χ0n) is 9.46. The highest BCUT2D eigenvalue weighted by atomic mass is 19.1. The van der Waals surface area contributed by atoms with Gasteiger partial charge in [0.15, 0.2) is 11.6 Å². The van der Waals surface area contributed by atoms with E-state index in [2.05, 4.69) is 11.4 Å². The van der Waals surface area contributed by atoms with Gasteiger partial charge in [-0.3, -0.25) is 0 Å². The Kier molecular flexibility index (Phi) is 4.59. The van der Waals surface area contributed by atoms with Gasteiger partial charge in [0.05, 0.1) is 19.1 Å². The number of nitrogens with one attached hydrogen (secondary N) is 1. The predicted molar refractivity (Wildman–Crippen MR) is 60.8 cm³/mol. The molecule has 0 spiro atoms. The number of nitriles is 1. The Morgan fingerprint density at radius 2 is 2.31 bits per heavy atom. The van der Waals surface area contributed by atoms with Gasteiger partial charge in [-0.05, 0) is 18.6 Å². The van der Waals surface area contributed by atoms with Gasteiger partial charge in [0.1, 0.15) is 0 Å². The second kappa shape index (κ2) is 5.96. The van der Waals surface area contributed by atoms with E-state index in [1.807, 2.05) is 6.92 Å². The van der Waals surface area contributed by atoms with Crippen molar-refractivity contribution in [3.8, 4) is 11.8 Å². The summed E-state index contributed by atoms with van der Waals surface area (Å²) in [7, 11) is 1.42. The lowest BCUT2D eigenvalue weighted by atomic mass is 10.1. The molecule has 4 heteroatoms. The lowest BCUT2D eigenvalue weighted by Crippen LogP contribution is -2.11. The van der Waals surface area contributed by atoms with Crippen molar-refractivity contribution in [2.24, 2.45) is 5.92 Å². The second-order valence-electron chi connectivity index (χ2n) is 3.46. The number of anilines is 1. The molecule has 1 aromatic carbocycles. The molecule has 1 atom stereocenters. The summed E-state index contributed by atoms with van der Waals surface area (Å²) >= 11 is 0. The van der Waals surface area contributed by atoms with Crippen LogP contribution in [0.15, 0.2) is 18.2 Å². The lowest BCUT2D eigenvalue weighted by Gasteiger charge is -2.10. The minimum atomic E-state index is -0.405. The zero-order valence-corrected chi connectivity index (χ0v) is 9.46. The molecule has 0 radical (unpaired) electrons. The van der Waals surface area contributed by atoms with Gasteiger partial charge in [-0.25, -0.2) is 4.39 Å². The van der Waals surface area contributed by atoms with Gasteiger partial charge in [0, 0.05) is 18.3 Å². The van der Waals surface area contributed by atoms with Crippen LogP contribution in [-0.4, -0.2) is 13.7 Å². The fourth-order valence-corrected chi connectivity index (χ4v) is 1.30. The standard InChI is InChI=1S/C12H15FN2O/c1-3-9(7-14)8-15-10-4-5-12(16-2)11(13)6-10/h4-6,9,15H,3,8H2,1-2H3. The number of hydrogen-bond donors (Lipinski definition) is 1. The maximum atomic E-state index is 13.3. The van der Waals surface area contributed by atoms with Crippen molar-refractivity contribution >= 4 is 5.69 Å². The quantitative estimate of drug-likeness (QED) is 0.833. The molecule has 1 N–H and O–H groups in total. The Balaban J connectivity index is 2.62. The summed E-state index contributed by atoms with van der Waals surface area (Å²) in [5.41, 5.74) is 0.659. The van der Waals surface area contributed by atoms with Crippen molar-refractivity contribution in [3.05, 3.63) is 24.0 Å². The van der Waals surface area contributed by atoms with Crippen molar-refractivity contribution in [3.63, 3.8) is 0 Å². The monoisotopic (exact) mass is 222 g/mol. The van der Waals surface area contributed by atoms with E-state index in [0.29, 0.717) is 12.2 Å². The molecule has 1 rings (SSSR count). The maximum Gasteiger partial charge on any atom is 0.167 e. The fourth-order valence-electron chi connectivity index (χ4n) is 1.30. The Labute approximate surface area is 94.8 Å². The number of rotatable bonds is 5. The van der Waals surface area contributed by atoms with Gasteiger partial charge in [-0.1, -0.05) is 6.92 Å². The first-order valence-corrected chi connectivity index (χ1v) is 5.18. The largest absolute Gasteiger partial charge is 0.494 e. The highest BCUT2D eigenvalue weighted by Crippen LogP contribution is 2.20. The number of ether oxygens (including phenoxy) is 1. The molecule has 1 aromatic rings. The van der Waals surface area contributed by atoms with E-state index in [4.69, 9.17) is 10.00 Å². The third-order valence-electron chi connectivity index (χ3n) is 2.38. The summed E-state index contributed by atoms with van der Waals surface area (Å²) in [6.45, 7) is 2.48. The predicted octanol–water partition coefficient (Wildman–Crippen LogP) is 2.80. The normalized spacial score (nSPS) is 11.6. The van der Waals surface area contributed by atoms with E-state index >= 15 is 0 Å². The number of hydrogen-bond acceptors (Lipinski definition) is 3. The average Bonchev–Trinajstić information content (AvgIpc) is 2.30. The molecule has 0 aliphatic carbocycles. The summed E-state index contributed by atoms with van der Waals surface area (Å²) in [6.07, 6.45) is 0.780. The number of halogens is 1. The first-order valence-electron chi connectivity index (χ1n) is 5.18. The molecular formula is C12H15FN2O. The molecule has 0 bridgehead atoms. The van der Waals surface area contributed by atoms with Crippen LogP contribution < -0.4 is 10.1 Å². The van der Waals surface area contributed by atoms with Crippen LogP contribution in [0.3, 0.4) is 0 Å². The van der Waals surface area contributed by atoms with Crippen LogP contribution >= 0.6 is 0 Å². The number of benzene rings is 1. The van der Waals surface area contributed by atoms with Gasteiger partial charge < -0.3 is 10.1 Å². The van der Waals surface area contributed by atoms with Crippen LogP contribution in [0.2, 0.25) is 0 Å². The van der Waals surface area contributed by atoms with Crippen LogP contribution in [-0.2, 0) is 0 Å². The van der Waals surface area contributed by atoms with Gasteiger partial charge >= 0.3 is 0 Å². The SMILES string of the molecule is CCC(C#N)CNc1ccc(OC)c(F)c1. The minimum absolute atomic E-state index is 0.0508. The smallest absolute Gasteiger partial charge is 0.167 e. The molecule has 0 aliphatic rings. The molecule has 86 valence electrons. The van der Waals surface area contributed by atoms with Crippen molar-refractivity contribution in [2.75, 3.05) is 19.0 Å². The Hall–Kier alpha value is -1.76. The van der Waals surface area contributed by atoms with Gasteiger partial charge in [-0.2, -0.15) is 5.26 Å². The summed E-state index contributed by atoms with van der Waals surface area (Å²) in [6, 6.07) is 6.83. The van der Waals surface area contributed by atoms with Crippen LogP contribution in [0.1, 0.15) is 13.3 Å². The third kappa shape index (κ3) is 3.13. The second-order valence-corrected chi connectivity index (χ2v) is 3.46. The van der Waals surface area contributed by atoms with Crippen LogP contribution in [0.5, 0.6) is 5.75 Å². The molecule has 0 aromatic heterocycles. The van der Waals surface area contributed by atoms with E-state index in [9.17, 15) is 4.39 Å². The average molecular weight is 222 g/mol. The van der Waals surface area contributed by atoms with E-state index in [-0.39, 0.29) is 11.7 Å². The van der Waals surface area contributed by atoms with Crippen LogP contribution in [0, 0.1) is 23.1 Å². The molecular weight excluding hydrogens is 207 g/mol. The van der Waals surface area contributed by atoms with E-state index < -0.39 is 5.82 Å². The van der Waals surface area contributed by atoms with Crippen molar-refractivity contribution < 1.29 is 9.13 Å². The summed E-state index contributed by atoms with van der Waals surface area (Å²) in [4.78, 5) is 0. The molecule has 0 saturated carbocycles. The van der Waals surface area contributed by atoms with Crippen molar-refractivity contribution in [2.45, 2.75) is 13.3 Å². The molecule has 16 heavy (non-hydrogen) atoms. The first-order chi connectivity index (χ1) is 7.71.